The minimum absolute atomic E-state index is 0.0795. The number of anilines is 1. The smallest absolute Gasteiger partial charge is 0.266 e. The van der Waals surface area contributed by atoms with Gasteiger partial charge >= 0.3 is 0 Å². The molecule has 1 heterocycles. The Balaban J connectivity index is 1.99. The Morgan fingerprint density at radius 3 is 2.30 bits per heavy atom. The molecule has 0 radical (unpaired) electrons. The summed E-state index contributed by atoms with van der Waals surface area (Å²) in [6.45, 7) is 0. The van der Waals surface area contributed by atoms with Gasteiger partial charge in [-0.15, -0.1) is 0 Å². The highest BCUT2D eigenvalue weighted by molar-refractivity contribution is 9.10. The molecule has 1 aliphatic rings. The Labute approximate surface area is 140 Å². The second kappa shape index (κ2) is 4.93. The lowest BCUT2D eigenvalue weighted by atomic mass is 9.94. The third-order valence-corrected chi connectivity index (χ3v) is 4.37. The first-order chi connectivity index (χ1) is 11.1. The predicted molar refractivity (Wildman–Crippen MR) is 90.9 cm³/mol. The zero-order chi connectivity index (χ0) is 16.1. The minimum atomic E-state index is -0.370. The molecule has 1 N–H and O–H groups in total. The zero-order valence-electron chi connectivity index (χ0n) is 11.8. The van der Waals surface area contributed by atoms with Gasteiger partial charge in [-0.25, -0.2) is 4.90 Å². The molecule has 112 valence electrons. The normalized spacial score (nSPS) is 13.7. The maximum Gasteiger partial charge on any atom is 0.266 e. The van der Waals surface area contributed by atoms with E-state index in [0.717, 1.165) is 14.8 Å². The number of hydrogen-bond donors (Lipinski definition) is 1. The summed E-state index contributed by atoms with van der Waals surface area (Å²) in [5.41, 5.74) is 1.41. The molecule has 0 fully saturated rings. The van der Waals surface area contributed by atoms with Gasteiger partial charge in [-0.3, -0.25) is 9.59 Å². The molecule has 0 atom stereocenters. The van der Waals surface area contributed by atoms with Crippen molar-refractivity contribution in [2.45, 2.75) is 0 Å². The molecule has 4 nitrogen and oxygen atoms in total. The molecule has 23 heavy (non-hydrogen) atoms. The van der Waals surface area contributed by atoms with E-state index in [4.69, 9.17) is 0 Å². The third kappa shape index (κ3) is 2.04. The standard InChI is InChI=1S/C18H10BrNO3/c19-11-8-10-2-1-3-14-16(10)15(9-11)18(23)20(17(14)22)12-4-6-13(21)7-5-12/h1-9,21H. The highest BCUT2D eigenvalue weighted by Gasteiger charge is 2.34. The summed E-state index contributed by atoms with van der Waals surface area (Å²) < 4.78 is 0.783. The number of rotatable bonds is 1. The molecule has 3 aromatic rings. The fourth-order valence-electron chi connectivity index (χ4n) is 2.91. The van der Waals surface area contributed by atoms with E-state index < -0.39 is 0 Å². The van der Waals surface area contributed by atoms with Gasteiger partial charge in [0.05, 0.1) is 11.3 Å². The number of halogens is 1. The number of amides is 2. The number of carbonyl (C=O) groups is 2. The zero-order valence-corrected chi connectivity index (χ0v) is 13.4. The minimum Gasteiger partial charge on any atom is -0.508 e. The van der Waals surface area contributed by atoms with Crippen molar-refractivity contribution in [3.63, 3.8) is 0 Å². The number of hydrogen-bond acceptors (Lipinski definition) is 3. The van der Waals surface area contributed by atoms with E-state index in [1.807, 2.05) is 12.1 Å². The number of phenolic OH excluding ortho intramolecular Hbond substituents is 1. The van der Waals surface area contributed by atoms with Crippen molar-refractivity contribution >= 4 is 44.2 Å². The van der Waals surface area contributed by atoms with E-state index in [1.54, 1.807) is 30.3 Å². The molecule has 1 aliphatic heterocycles. The molecule has 2 amide bonds. The third-order valence-electron chi connectivity index (χ3n) is 3.92. The highest BCUT2D eigenvalue weighted by Crippen LogP contribution is 2.35. The van der Waals surface area contributed by atoms with Crippen LogP contribution in [-0.4, -0.2) is 16.9 Å². The van der Waals surface area contributed by atoms with Gasteiger partial charge in [-0.1, -0.05) is 28.1 Å². The number of nitrogens with zero attached hydrogens (tertiary/aromatic N) is 1. The molecular formula is C18H10BrNO3. The molecule has 0 aromatic heterocycles. The molecule has 5 heteroatoms. The van der Waals surface area contributed by atoms with Crippen LogP contribution in [0.5, 0.6) is 5.75 Å². The first-order valence-corrected chi connectivity index (χ1v) is 7.75. The second-order valence-electron chi connectivity index (χ2n) is 5.32. The monoisotopic (exact) mass is 367 g/mol. The Morgan fingerprint density at radius 1 is 0.870 bits per heavy atom. The van der Waals surface area contributed by atoms with Crippen LogP contribution in [0.25, 0.3) is 10.8 Å². The Morgan fingerprint density at radius 2 is 1.57 bits per heavy atom. The van der Waals surface area contributed by atoms with Crippen molar-refractivity contribution in [3.8, 4) is 5.75 Å². The summed E-state index contributed by atoms with van der Waals surface area (Å²) in [6, 6.07) is 15.0. The summed E-state index contributed by atoms with van der Waals surface area (Å²) in [7, 11) is 0. The summed E-state index contributed by atoms with van der Waals surface area (Å²) in [5, 5.41) is 10.9. The summed E-state index contributed by atoms with van der Waals surface area (Å²) >= 11 is 3.41. The van der Waals surface area contributed by atoms with E-state index >= 15 is 0 Å². The van der Waals surface area contributed by atoms with Gasteiger partial charge < -0.3 is 5.11 Å². The molecule has 0 aliphatic carbocycles. The summed E-state index contributed by atoms with van der Waals surface area (Å²) in [4.78, 5) is 26.8. The van der Waals surface area contributed by atoms with Crippen LogP contribution >= 0.6 is 15.9 Å². The van der Waals surface area contributed by atoms with Gasteiger partial charge in [0.15, 0.2) is 0 Å². The van der Waals surface area contributed by atoms with Crippen LogP contribution in [0.4, 0.5) is 5.69 Å². The van der Waals surface area contributed by atoms with Crippen LogP contribution in [0.3, 0.4) is 0 Å². The van der Waals surface area contributed by atoms with Crippen LogP contribution in [0.1, 0.15) is 20.7 Å². The number of phenols is 1. The fourth-order valence-corrected chi connectivity index (χ4v) is 3.38. The predicted octanol–water partition coefficient (Wildman–Crippen LogP) is 4.11. The Kier molecular flexibility index (Phi) is 2.99. The van der Waals surface area contributed by atoms with Crippen LogP contribution in [-0.2, 0) is 0 Å². The van der Waals surface area contributed by atoms with Gasteiger partial charge in [-0.2, -0.15) is 0 Å². The van der Waals surface area contributed by atoms with Gasteiger partial charge in [0.2, 0.25) is 0 Å². The van der Waals surface area contributed by atoms with E-state index in [9.17, 15) is 14.7 Å². The number of benzene rings is 3. The SMILES string of the molecule is O=C1c2cccc3cc(Br)cc(c23)C(=O)N1c1ccc(O)cc1. The lowest BCUT2D eigenvalue weighted by molar-refractivity contribution is 0.0893. The molecule has 3 aromatic carbocycles. The lowest BCUT2D eigenvalue weighted by Gasteiger charge is -2.27. The van der Waals surface area contributed by atoms with E-state index in [1.165, 1.54) is 12.1 Å². The fraction of sp³-hybridized carbons (Fsp3) is 0. The van der Waals surface area contributed by atoms with Crippen molar-refractivity contribution in [2.24, 2.45) is 0 Å². The number of imide groups is 1. The van der Waals surface area contributed by atoms with Crippen molar-refractivity contribution in [1.29, 1.82) is 0 Å². The van der Waals surface area contributed by atoms with E-state index in [0.29, 0.717) is 22.2 Å². The average molecular weight is 368 g/mol. The first-order valence-electron chi connectivity index (χ1n) is 6.96. The number of aromatic hydroxyl groups is 1. The van der Waals surface area contributed by atoms with E-state index in [2.05, 4.69) is 15.9 Å². The van der Waals surface area contributed by atoms with Crippen LogP contribution in [0.2, 0.25) is 0 Å². The molecule has 0 saturated heterocycles. The van der Waals surface area contributed by atoms with Crippen LogP contribution < -0.4 is 4.90 Å². The molecule has 0 spiro atoms. The van der Waals surface area contributed by atoms with Crippen molar-refractivity contribution in [1.82, 2.24) is 0 Å². The summed E-state index contributed by atoms with van der Waals surface area (Å²) in [6.07, 6.45) is 0. The summed E-state index contributed by atoms with van der Waals surface area (Å²) in [5.74, 6) is -0.650. The quantitative estimate of drug-likeness (QED) is 0.658. The van der Waals surface area contributed by atoms with Crippen LogP contribution in [0.15, 0.2) is 59.1 Å². The molecule has 0 saturated carbocycles. The van der Waals surface area contributed by atoms with Gasteiger partial charge in [0.1, 0.15) is 5.75 Å². The lowest BCUT2D eigenvalue weighted by Crippen LogP contribution is -2.40. The van der Waals surface area contributed by atoms with E-state index in [-0.39, 0.29) is 17.6 Å². The average Bonchev–Trinajstić information content (AvgIpc) is 2.54. The highest BCUT2D eigenvalue weighted by atomic mass is 79.9. The van der Waals surface area contributed by atoms with Gasteiger partial charge in [-0.05, 0) is 47.9 Å². The van der Waals surface area contributed by atoms with Gasteiger partial charge in [0, 0.05) is 15.4 Å². The maximum absolute atomic E-state index is 12.9. The first kappa shape index (κ1) is 14.0. The van der Waals surface area contributed by atoms with Gasteiger partial charge in [0.25, 0.3) is 11.8 Å². The molecule has 0 bridgehead atoms. The van der Waals surface area contributed by atoms with Crippen LogP contribution in [0, 0.1) is 0 Å². The molecule has 0 unspecified atom stereocenters. The van der Waals surface area contributed by atoms with Crippen molar-refractivity contribution in [2.75, 3.05) is 4.90 Å². The topological polar surface area (TPSA) is 57.6 Å². The Bertz CT molecular complexity index is 979. The maximum atomic E-state index is 12.9. The largest absolute Gasteiger partial charge is 0.508 e. The number of carbonyl (C=O) groups excluding carboxylic acids is 2. The molecular weight excluding hydrogens is 358 g/mol. The van der Waals surface area contributed by atoms with Crippen molar-refractivity contribution in [3.05, 3.63) is 70.2 Å². The Hall–Kier alpha value is -2.66. The van der Waals surface area contributed by atoms with Crippen molar-refractivity contribution < 1.29 is 14.7 Å². The second-order valence-corrected chi connectivity index (χ2v) is 6.23. The molecule has 4 rings (SSSR count).